The van der Waals surface area contributed by atoms with E-state index in [0.29, 0.717) is 23.9 Å². The molecule has 0 aromatic carbocycles. The quantitative estimate of drug-likeness (QED) is 0.761. The summed E-state index contributed by atoms with van der Waals surface area (Å²) in [6.45, 7) is 6.11. The number of hydrogen-bond acceptors (Lipinski definition) is 4. The summed E-state index contributed by atoms with van der Waals surface area (Å²) in [7, 11) is 4.00. The molecule has 2 atom stereocenters. The fourth-order valence-corrected chi connectivity index (χ4v) is 2.40. The van der Waals surface area contributed by atoms with Crippen LogP contribution < -0.4 is 0 Å². The topological polar surface area (TPSA) is 50.5 Å². The summed E-state index contributed by atoms with van der Waals surface area (Å²) in [5.41, 5.74) is 0.653. The molecule has 2 unspecified atom stereocenters. The Labute approximate surface area is 126 Å². The second kappa shape index (κ2) is 8.62. The number of aromatic nitrogens is 2. The molecule has 0 fully saturated rings. The van der Waals surface area contributed by atoms with Gasteiger partial charge in [0.05, 0.1) is 29.6 Å². The third-order valence-electron chi connectivity index (χ3n) is 3.18. The molecular formula is C14H26ClN3O2. The first-order valence-electron chi connectivity index (χ1n) is 7.16. The van der Waals surface area contributed by atoms with Crippen LogP contribution in [0.5, 0.6) is 0 Å². The van der Waals surface area contributed by atoms with Crippen molar-refractivity contribution in [3.05, 3.63) is 16.9 Å². The van der Waals surface area contributed by atoms with Crippen molar-refractivity contribution in [2.24, 2.45) is 0 Å². The zero-order chi connectivity index (χ0) is 15.1. The summed E-state index contributed by atoms with van der Waals surface area (Å²) < 4.78 is 7.42. The molecule has 0 spiro atoms. The summed E-state index contributed by atoms with van der Waals surface area (Å²) >= 11 is 6.19. The molecule has 1 heterocycles. The van der Waals surface area contributed by atoms with Gasteiger partial charge >= 0.3 is 0 Å². The van der Waals surface area contributed by atoms with Crippen LogP contribution in [-0.4, -0.2) is 53.1 Å². The van der Waals surface area contributed by atoms with E-state index in [1.165, 1.54) is 0 Å². The molecule has 1 aromatic rings. The fourth-order valence-electron chi connectivity index (χ4n) is 2.15. The van der Waals surface area contributed by atoms with Crippen molar-refractivity contribution in [3.63, 3.8) is 0 Å². The Balaban J connectivity index is 2.88. The molecule has 6 heteroatoms. The van der Waals surface area contributed by atoms with Crippen LogP contribution in [0.4, 0.5) is 0 Å². The number of aliphatic hydroxyl groups is 1. The van der Waals surface area contributed by atoms with E-state index in [4.69, 9.17) is 16.3 Å². The maximum absolute atomic E-state index is 10.6. The second-order valence-corrected chi connectivity index (χ2v) is 5.54. The summed E-state index contributed by atoms with van der Waals surface area (Å²) in [6.07, 6.45) is 2.35. The van der Waals surface area contributed by atoms with E-state index in [-0.39, 0.29) is 6.10 Å². The monoisotopic (exact) mass is 303 g/mol. The molecule has 1 rings (SSSR count). The smallest absolute Gasteiger partial charge is 0.123 e. The molecule has 5 nitrogen and oxygen atoms in total. The van der Waals surface area contributed by atoms with Crippen LogP contribution in [0.25, 0.3) is 0 Å². The van der Waals surface area contributed by atoms with Gasteiger partial charge in [-0.3, -0.25) is 4.68 Å². The average molecular weight is 304 g/mol. The zero-order valence-corrected chi connectivity index (χ0v) is 13.6. The van der Waals surface area contributed by atoms with Gasteiger partial charge in [-0.25, -0.2) is 0 Å². The van der Waals surface area contributed by atoms with Crippen LogP contribution in [0.3, 0.4) is 0 Å². The Morgan fingerprint density at radius 2 is 2.15 bits per heavy atom. The van der Waals surface area contributed by atoms with Crippen LogP contribution in [-0.2, 0) is 11.3 Å². The third-order valence-corrected chi connectivity index (χ3v) is 3.47. The van der Waals surface area contributed by atoms with Gasteiger partial charge in [-0.2, -0.15) is 5.10 Å². The normalized spacial score (nSPS) is 14.8. The number of hydrogen-bond donors (Lipinski definition) is 1. The van der Waals surface area contributed by atoms with E-state index in [0.717, 1.165) is 19.4 Å². The highest BCUT2D eigenvalue weighted by Gasteiger charge is 2.26. The lowest BCUT2D eigenvalue weighted by atomic mass is 10.1. The van der Waals surface area contributed by atoms with Gasteiger partial charge in [0.25, 0.3) is 0 Å². The number of rotatable bonds is 9. The SMILES string of the molecule is CCCC(OCC)C(O)c1c(Cl)cnn1CCN(C)C. The standard InChI is InChI=1S/C14H26ClN3O2/c1-5-7-12(20-6-2)14(19)13-11(15)10-16-18(13)9-8-17(3)4/h10,12,14,19H,5-9H2,1-4H3. The first kappa shape index (κ1) is 17.4. The Hall–Kier alpha value is -0.620. The first-order chi connectivity index (χ1) is 9.51. The number of likely N-dealkylation sites (N-methyl/N-ethyl adjacent to an activating group) is 1. The number of ether oxygens (including phenoxy) is 1. The Bertz CT molecular complexity index is 390. The van der Waals surface area contributed by atoms with E-state index in [9.17, 15) is 5.11 Å². The molecule has 116 valence electrons. The molecule has 0 aliphatic carbocycles. The maximum Gasteiger partial charge on any atom is 0.123 e. The van der Waals surface area contributed by atoms with Gasteiger partial charge in [0.2, 0.25) is 0 Å². The molecule has 0 saturated heterocycles. The summed E-state index contributed by atoms with van der Waals surface area (Å²) in [5.74, 6) is 0. The molecule has 0 saturated carbocycles. The minimum atomic E-state index is -0.743. The molecule has 0 amide bonds. The predicted molar refractivity (Wildman–Crippen MR) is 81.1 cm³/mol. The number of halogens is 1. The summed E-state index contributed by atoms with van der Waals surface area (Å²) in [5, 5.41) is 15.3. The predicted octanol–water partition coefficient (Wildman–Crippen LogP) is 2.34. The maximum atomic E-state index is 10.6. The molecule has 0 aliphatic rings. The Morgan fingerprint density at radius 3 is 2.70 bits per heavy atom. The molecule has 1 N–H and O–H groups in total. The van der Waals surface area contributed by atoms with Gasteiger partial charge in [-0.1, -0.05) is 24.9 Å². The summed E-state index contributed by atoms with van der Waals surface area (Å²) in [6, 6.07) is 0. The van der Waals surface area contributed by atoms with Crippen LogP contribution in [0.1, 0.15) is 38.5 Å². The zero-order valence-electron chi connectivity index (χ0n) is 12.8. The minimum Gasteiger partial charge on any atom is -0.384 e. The summed E-state index contributed by atoms with van der Waals surface area (Å²) in [4.78, 5) is 2.07. The van der Waals surface area contributed by atoms with Crippen molar-refractivity contribution in [1.82, 2.24) is 14.7 Å². The molecule has 0 aliphatic heterocycles. The van der Waals surface area contributed by atoms with Crippen LogP contribution in [0.15, 0.2) is 6.20 Å². The lowest BCUT2D eigenvalue weighted by Gasteiger charge is -2.24. The van der Waals surface area contributed by atoms with Crippen molar-refractivity contribution in [1.29, 1.82) is 0 Å². The Morgan fingerprint density at radius 1 is 1.45 bits per heavy atom. The minimum absolute atomic E-state index is 0.239. The second-order valence-electron chi connectivity index (χ2n) is 5.13. The van der Waals surface area contributed by atoms with Crippen LogP contribution in [0, 0.1) is 0 Å². The van der Waals surface area contributed by atoms with Crippen molar-refractivity contribution in [3.8, 4) is 0 Å². The van der Waals surface area contributed by atoms with E-state index in [1.807, 2.05) is 21.0 Å². The highest BCUT2D eigenvalue weighted by atomic mass is 35.5. The third kappa shape index (κ3) is 4.74. The number of aliphatic hydroxyl groups excluding tert-OH is 1. The molecule has 0 bridgehead atoms. The lowest BCUT2D eigenvalue weighted by molar-refractivity contribution is -0.0420. The van der Waals surface area contributed by atoms with Crippen molar-refractivity contribution in [2.75, 3.05) is 27.2 Å². The van der Waals surface area contributed by atoms with E-state index in [2.05, 4.69) is 16.9 Å². The largest absolute Gasteiger partial charge is 0.384 e. The van der Waals surface area contributed by atoms with Crippen LogP contribution in [0.2, 0.25) is 5.02 Å². The highest BCUT2D eigenvalue weighted by Crippen LogP contribution is 2.28. The van der Waals surface area contributed by atoms with E-state index >= 15 is 0 Å². The number of nitrogens with zero attached hydrogens (tertiary/aromatic N) is 3. The van der Waals surface area contributed by atoms with Gasteiger partial charge < -0.3 is 14.7 Å². The van der Waals surface area contributed by atoms with E-state index < -0.39 is 6.10 Å². The van der Waals surface area contributed by atoms with Gasteiger partial charge in [0, 0.05) is 13.2 Å². The van der Waals surface area contributed by atoms with Crippen molar-refractivity contribution < 1.29 is 9.84 Å². The van der Waals surface area contributed by atoms with Gasteiger partial charge in [-0.05, 0) is 27.4 Å². The molecule has 20 heavy (non-hydrogen) atoms. The van der Waals surface area contributed by atoms with Gasteiger partial charge in [0.1, 0.15) is 6.10 Å². The molecule has 0 radical (unpaired) electrons. The molecular weight excluding hydrogens is 278 g/mol. The van der Waals surface area contributed by atoms with Crippen LogP contribution >= 0.6 is 11.6 Å². The van der Waals surface area contributed by atoms with Crippen molar-refractivity contribution in [2.45, 2.75) is 45.4 Å². The lowest BCUT2D eigenvalue weighted by Crippen LogP contribution is -2.27. The van der Waals surface area contributed by atoms with Gasteiger partial charge in [0.15, 0.2) is 0 Å². The highest BCUT2D eigenvalue weighted by molar-refractivity contribution is 6.31. The molecule has 1 aromatic heterocycles. The Kier molecular flexibility index (Phi) is 7.51. The van der Waals surface area contributed by atoms with E-state index in [1.54, 1.807) is 10.9 Å². The van der Waals surface area contributed by atoms with Crippen molar-refractivity contribution >= 4 is 11.6 Å². The van der Waals surface area contributed by atoms with Gasteiger partial charge in [-0.15, -0.1) is 0 Å². The fraction of sp³-hybridized carbons (Fsp3) is 0.786. The average Bonchev–Trinajstić information content (AvgIpc) is 2.76. The first-order valence-corrected chi connectivity index (χ1v) is 7.54.